The van der Waals surface area contributed by atoms with E-state index in [2.05, 4.69) is 29.7 Å². The largest absolute Gasteiger partial charge is 0.478 e. The molecule has 6 nitrogen and oxygen atoms in total. The number of carbonyl (C=O) groups is 2. The van der Waals surface area contributed by atoms with Crippen molar-refractivity contribution in [3.8, 4) is 11.3 Å². The van der Waals surface area contributed by atoms with E-state index in [0.717, 1.165) is 40.6 Å². The van der Waals surface area contributed by atoms with Crippen molar-refractivity contribution in [2.24, 2.45) is 0 Å². The summed E-state index contributed by atoms with van der Waals surface area (Å²) in [6, 6.07) is 11.8. The number of aromatic carboxylic acids is 1. The summed E-state index contributed by atoms with van der Waals surface area (Å²) in [6.45, 7) is 4.43. The molecule has 1 aliphatic carbocycles. The zero-order valence-corrected chi connectivity index (χ0v) is 20.8. The lowest BCUT2D eigenvalue weighted by Gasteiger charge is -2.27. The average Bonchev–Trinajstić information content (AvgIpc) is 3.10. The van der Waals surface area contributed by atoms with Crippen LogP contribution in [0, 0.1) is 6.92 Å². The fourth-order valence-corrected chi connectivity index (χ4v) is 6.38. The first kappa shape index (κ1) is 23.0. The molecule has 3 heterocycles. The van der Waals surface area contributed by atoms with Crippen LogP contribution >= 0.6 is 0 Å². The summed E-state index contributed by atoms with van der Waals surface area (Å²) in [6.07, 6.45) is 8.50. The second-order valence-corrected chi connectivity index (χ2v) is 10.3. The molecule has 3 aromatic rings. The molecule has 0 spiro atoms. The van der Waals surface area contributed by atoms with E-state index in [4.69, 9.17) is 4.74 Å². The molecule has 1 amide bonds. The Kier molecular flexibility index (Phi) is 5.92. The van der Waals surface area contributed by atoms with E-state index >= 15 is 0 Å². The van der Waals surface area contributed by atoms with Crippen molar-refractivity contribution < 1.29 is 19.4 Å². The first-order valence-corrected chi connectivity index (χ1v) is 13.1. The van der Waals surface area contributed by atoms with Gasteiger partial charge in [-0.3, -0.25) is 4.79 Å². The van der Waals surface area contributed by atoms with Crippen molar-refractivity contribution in [3.63, 3.8) is 0 Å². The zero-order valence-electron chi connectivity index (χ0n) is 20.8. The minimum absolute atomic E-state index is 0.0362. The Morgan fingerprint density at radius 1 is 1.03 bits per heavy atom. The summed E-state index contributed by atoms with van der Waals surface area (Å²) in [5.41, 5.74) is 7.84. The summed E-state index contributed by atoms with van der Waals surface area (Å²) in [4.78, 5) is 27.5. The van der Waals surface area contributed by atoms with Crippen LogP contribution in [0.15, 0.2) is 42.0 Å². The van der Waals surface area contributed by atoms with Crippen molar-refractivity contribution in [2.45, 2.75) is 51.4 Å². The third-order valence-corrected chi connectivity index (χ3v) is 8.14. The molecule has 0 atom stereocenters. The second kappa shape index (κ2) is 9.25. The minimum Gasteiger partial charge on any atom is -0.478 e. The van der Waals surface area contributed by atoms with Gasteiger partial charge in [-0.15, -0.1) is 0 Å². The van der Waals surface area contributed by atoms with Crippen LogP contribution in [0.25, 0.3) is 28.4 Å². The van der Waals surface area contributed by atoms with Gasteiger partial charge in [0.2, 0.25) is 0 Å². The van der Waals surface area contributed by atoms with E-state index in [1.54, 1.807) is 12.1 Å². The number of carbonyl (C=O) groups excluding carboxylic acids is 1. The Morgan fingerprint density at radius 2 is 1.81 bits per heavy atom. The molecule has 0 bridgehead atoms. The molecule has 1 saturated heterocycles. The van der Waals surface area contributed by atoms with Crippen molar-refractivity contribution in [1.82, 2.24) is 9.47 Å². The van der Waals surface area contributed by atoms with Crippen LogP contribution < -0.4 is 0 Å². The predicted octanol–water partition coefficient (Wildman–Crippen LogP) is 5.62. The average molecular weight is 485 g/mol. The number of ether oxygens (including phenoxy) is 1. The van der Waals surface area contributed by atoms with Crippen LogP contribution in [-0.2, 0) is 16.0 Å². The number of amides is 1. The maximum atomic E-state index is 13.7. The molecule has 2 fully saturated rings. The van der Waals surface area contributed by atoms with Gasteiger partial charge in [-0.25, -0.2) is 4.79 Å². The molecule has 0 unspecified atom stereocenters. The number of benzene rings is 2. The Hall–Kier alpha value is -3.38. The number of nitrogens with zero attached hydrogens (tertiary/aromatic N) is 2. The third kappa shape index (κ3) is 3.84. The van der Waals surface area contributed by atoms with Gasteiger partial charge in [0, 0.05) is 42.2 Å². The normalized spacial score (nSPS) is 18.4. The number of aryl methyl sites for hydroxylation is 1. The predicted molar refractivity (Wildman–Crippen MR) is 140 cm³/mol. The highest BCUT2D eigenvalue weighted by Gasteiger charge is 2.31. The number of fused-ring (bicyclic) bond motifs is 5. The monoisotopic (exact) mass is 484 g/mol. The van der Waals surface area contributed by atoms with Gasteiger partial charge in [-0.1, -0.05) is 43.5 Å². The Bertz CT molecular complexity index is 1390. The maximum Gasteiger partial charge on any atom is 0.335 e. The second-order valence-electron chi connectivity index (χ2n) is 10.3. The highest BCUT2D eigenvalue weighted by atomic mass is 16.5. The molecular weight excluding hydrogens is 452 g/mol. The first-order valence-electron chi connectivity index (χ1n) is 13.1. The number of morpholine rings is 1. The van der Waals surface area contributed by atoms with Crippen molar-refractivity contribution in [2.75, 3.05) is 26.3 Å². The van der Waals surface area contributed by atoms with Crippen LogP contribution in [0.5, 0.6) is 0 Å². The van der Waals surface area contributed by atoms with Gasteiger partial charge in [-0.2, -0.15) is 0 Å². The minimum atomic E-state index is -0.939. The first-order chi connectivity index (χ1) is 17.5. The van der Waals surface area contributed by atoms with Crippen LogP contribution in [0.3, 0.4) is 0 Å². The van der Waals surface area contributed by atoms with E-state index in [1.807, 2.05) is 17.2 Å². The molecule has 1 aromatic heterocycles. The number of carboxylic acid groups (broad SMARTS) is 1. The molecule has 1 saturated carbocycles. The van der Waals surface area contributed by atoms with Crippen molar-refractivity contribution in [1.29, 1.82) is 0 Å². The van der Waals surface area contributed by atoms with Gasteiger partial charge in [0.25, 0.3) is 5.91 Å². The summed E-state index contributed by atoms with van der Waals surface area (Å²) in [5, 5.41) is 10.9. The third-order valence-electron chi connectivity index (χ3n) is 8.14. The van der Waals surface area contributed by atoms with Gasteiger partial charge in [0.15, 0.2) is 0 Å². The number of hydrogen-bond donors (Lipinski definition) is 1. The zero-order chi connectivity index (χ0) is 24.8. The van der Waals surface area contributed by atoms with Gasteiger partial charge >= 0.3 is 5.97 Å². The van der Waals surface area contributed by atoms with E-state index in [-0.39, 0.29) is 11.5 Å². The Morgan fingerprint density at radius 3 is 2.56 bits per heavy atom. The van der Waals surface area contributed by atoms with Gasteiger partial charge in [0.05, 0.1) is 30.0 Å². The summed E-state index contributed by atoms with van der Waals surface area (Å²) in [5.74, 6) is -0.481. The van der Waals surface area contributed by atoms with Gasteiger partial charge < -0.3 is 19.3 Å². The lowest BCUT2D eigenvalue weighted by Crippen LogP contribution is -2.41. The van der Waals surface area contributed by atoms with E-state index in [1.165, 1.54) is 36.0 Å². The van der Waals surface area contributed by atoms with Crippen LogP contribution in [0.1, 0.15) is 65.1 Å². The van der Waals surface area contributed by atoms with Crippen molar-refractivity contribution >= 4 is 29.0 Å². The Labute approximate surface area is 211 Å². The lowest BCUT2D eigenvalue weighted by molar-refractivity contribution is -0.131. The molecule has 6 heteroatoms. The molecule has 6 rings (SSSR count). The smallest absolute Gasteiger partial charge is 0.335 e. The molecule has 2 aromatic carbocycles. The van der Waals surface area contributed by atoms with E-state index < -0.39 is 5.97 Å². The molecular formula is C30H32N2O4. The lowest BCUT2D eigenvalue weighted by atomic mass is 9.80. The fraction of sp³-hybridized carbons (Fsp3) is 0.400. The summed E-state index contributed by atoms with van der Waals surface area (Å²) in [7, 11) is 0. The van der Waals surface area contributed by atoms with Gasteiger partial charge in [-0.05, 0) is 54.5 Å². The van der Waals surface area contributed by atoms with E-state index in [0.29, 0.717) is 38.6 Å². The standard InChI is InChI=1S/C30H32N2O4/c1-19-6-5-9-21-16-23(29(33)31-12-14-36-15-13-31)18-32-25-17-22(30(34)35)10-11-24(25)27(28(32)26(19)21)20-7-3-2-4-8-20/h5-6,9-11,17-18,20H,2-4,7-8,12-16H2,1H3,(H,34,35). The van der Waals surface area contributed by atoms with Crippen LogP contribution in [0.4, 0.5) is 0 Å². The molecule has 186 valence electrons. The molecule has 0 radical (unpaired) electrons. The maximum absolute atomic E-state index is 13.7. The molecule has 3 aliphatic rings. The summed E-state index contributed by atoms with van der Waals surface area (Å²) >= 11 is 0. The number of aromatic nitrogens is 1. The van der Waals surface area contributed by atoms with Crippen LogP contribution in [-0.4, -0.2) is 52.8 Å². The van der Waals surface area contributed by atoms with E-state index in [9.17, 15) is 14.7 Å². The molecule has 2 aliphatic heterocycles. The highest BCUT2D eigenvalue weighted by Crippen LogP contribution is 2.47. The van der Waals surface area contributed by atoms with Crippen molar-refractivity contribution in [3.05, 3.63) is 64.2 Å². The SMILES string of the molecule is Cc1cccc2c1-c1c(C3CCCCC3)c3ccc(C(=O)O)cc3n1C=C(C(=O)N1CCOCC1)C2. The Balaban J connectivity index is 1.65. The van der Waals surface area contributed by atoms with Crippen LogP contribution in [0.2, 0.25) is 0 Å². The number of carboxylic acids is 1. The molecule has 36 heavy (non-hydrogen) atoms. The number of rotatable bonds is 3. The van der Waals surface area contributed by atoms with Gasteiger partial charge in [0.1, 0.15) is 0 Å². The topological polar surface area (TPSA) is 71.8 Å². The fourth-order valence-electron chi connectivity index (χ4n) is 6.38. The highest BCUT2D eigenvalue weighted by molar-refractivity contribution is 6.04. The number of hydrogen-bond acceptors (Lipinski definition) is 3. The molecule has 1 N–H and O–H groups in total. The summed E-state index contributed by atoms with van der Waals surface area (Å²) < 4.78 is 7.62. The quantitative estimate of drug-likeness (QED) is 0.524.